The van der Waals surface area contributed by atoms with Crippen LogP contribution in [-0.2, 0) is 25.7 Å². The van der Waals surface area contributed by atoms with E-state index in [0.29, 0.717) is 13.0 Å². The minimum Gasteiger partial charge on any atom is -0.363 e. The Bertz CT molecular complexity index is 1420. The van der Waals surface area contributed by atoms with Crippen molar-refractivity contribution in [1.29, 1.82) is 0 Å². The van der Waals surface area contributed by atoms with E-state index in [-0.39, 0.29) is 35.3 Å². The van der Waals surface area contributed by atoms with Gasteiger partial charge in [-0.25, -0.2) is 4.79 Å². The number of pyridine rings is 1. The van der Waals surface area contributed by atoms with E-state index >= 15 is 0 Å². The molecule has 2 heterocycles. The third-order valence-corrected chi connectivity index (χ3v) is 10.4. The number of likely N-dealkylation sites (tertiary alicyclic amines) is 1. The second kappa shape index (κ2) is 12.8. The summed E-state index contributed by atoms with van der Waals surface area (Å²) in [7, 11) is 0. The van der Waals surface area contributed by atoms with E-state index in [2.05, 4.69) is 29.8 Å². The molecule has 2 saturated carbocycles. The number of fused-ring (bicyclic) bond motifs is 1. The van der Waals surface area contributed by atoms with E-state index in [0.717, 1.165) is 19.3 Å². The molecule has 0 bridgehead atoms. The molecule has 1 aromatic heterocycles. The number of hydrogen-bond donors (Lipinski definition) is 4. The fourth-order valence-corrected chi connectivity index (χ4v) is 7.03. The van der Waals surface area contributed by atoms with Gasteiger partial charge in [-0.2, -0.15) is 0 Å². The Kier molecular flexibility index (Phi) is 9.81. The van der Waals surface area contributed by atoms with Gasteiger partial charge in [0.1, 0.15) is 12.1 Å². The second-order valence-corrected chi connectivity index (χ2v) is 16.2. The Balaban J connectivity index is 1.54. The number of aromatic nitrogens is 1. The first kappa shape index (κ1) is 35.2. The smallest absolute Gasteiger partial charge is 0.315 e. The molecule has 0 spiro atoms. The summed E-state index contributed by atoms with van der Waals surface area (Å²) in [5.41, 5.74) is 3.82. The van der Waals surface area contributed by atoms with Crippen LogP contribution in [0.2, 0.25) is 0 Å². The van der Waals surface area contributed by atoms with E-state index in [1.807, 2.05) is 41.5 Å². The molecule has 1 saturated heterocycles. The Morgan fingerprint density at radius 1 is 0.978 bits per heavy atom. The van der Waals surface area contributed by atoms with Crippen molar-refractivity contribution in [3.8, 4) is 0 Å². The van der Waals surface area contributed by atoms with E-state index in [1.165, 1.54) is 15.5 Å². The van der Waals surface area contributed by atoms with Gasteiger partial charge >= 0.3 is 6.03 Å². The van der Waals surface area contributed by atoms with Crippen LogP contribution >= 0.6 is 0 Å². The standard InChI is InChI=1S/C34H52N6O6/c1-32(2,3)22(18-39-15-10-9-14-23(39)41)37-31(46)38-27(33(4,5)6)30(45)40-17-20-24(34(20,7)8)25(40)29(44)36-21(26(42)28(35)43)16-19-12-11-13-19/h9-10,14-15,19-22,24-25,27H,11-13,16-18H2,1-8H3,(H2,35,43)(H,36,44)(H2,37,38,46)/t20-,21?,22+,24-,25?,27+/m0/s1. The van der Waals surface area contributed by atoms with E-state index < -0.39 is 64.5 Å². The first-order chi connectivity index (χ1) is 21.2. The minimum absolute atomic E-state index is 0.0769. The van der Waals surface area contributed by atoms with Crippen molar-refractivity contribution in [3.63, 3.8) is 0 Å². The van der Waals surface area contributed by atoms with Crippen molar-refractivity contribution in [2.75, 3.05) is 6.54 Å². The van der Waals surface area contributed by atoms with Crippen molar-refractivity contribution in [2.24, 2.45) is 39.7 Å². The van der Waals surface area contributed by atoms with Crippen LogP contribution in [-0.4, -0.2) is 69.7 Å². The SMILES string of the molecule is CC(C)(C)[C@H](NC(=O)N[C@H](Cn1ccccc1=O)C(C)(C)C)C(=O)N1C[C@H]2[C@@H](C1C(=O)NC(CC1CCC1)C(=O)C(N)=O)C2(C)C. The molecule has 4 rings (SSSR count). The summed E-state index contributed by atoms with van der Waals surface area (Å²) >= 11 is 0. The predicted octanol–water partition coefficient (Wildman–Crippen LogP) is 2.19. The van der Waals surface area contributed by atoms with Crippen molar-refractivity contribution < 1.29 is 24.0 Å². The molecule has 2 unspecified atom stereocenters. The number of piperidine rings is 1. The number of ketones is 1. The quantitative estimate of drug-likeness (QED) is 0.270. The zero-order valence-corrected chi connectivity index (χ0v) is 28.5. The summed E-state index contributed by atoms with van der Waals surface area (Å²) < 4.78 is 1.53. The molecule has 1 aromatic rings. The maximum atomic E-state index is 14.3. The van der Waals surface area contributed by atoms with E-state index in [1.54, 1.807) is 18.3 Å². The van der Waals surface area contributed by atoms with Crippen LogP contribution < -0.4 is 27.2 Å². The van der Waals surface area contributed by atoms with E-state index in [4.69, 9.17) is 5.73 Å². The van der Waals surface area contributed by atoms with Crippen LogP contribution in [0.5, 0.6) is 0 Å². The number of carbonyl (C=O) groups is 5. The molecule has 46 heavy (non-hydrogen) atoms. The lowest BCUT2D eigenvalue weighted by molar-refractivity contribution is -0.145. The molecular weight excluding hydrogens is 588 g/mol. The summed E-state index contributed by atoms with van der Waals surface area (Å²) in [5, 5.41) is 8.67. The Labute approximate surface area is 271 Å². The van der Waals surface area contributed by atoms with Gasteiger partial charge in [0.15, 0.2) is 0 Å². The van der Waals surface area contributed by atoms with Gasteiger partial charge in [-0.15, -0.1) is 0 Å². The molecule has 1 aliphatic heterocycles. The fourth-order valence-electron chi connectivity index (χ4n) is 7.03. The van der Waals surface area contributed by atoms with Gasteiger partial charge in [-0.3, -0.25) is 24.0 Å². The highest BCUT2D eigenvalue weighted by Crippen LogP contribution is 2.65. The van der Waals surface area contributed by atoms with Gasteiger partial charge in [-0.1, -0.05) is 80.7 Å². The molecule has 0 radical (unpaired) electrons. The van der Waals surface area contributed by atoms with Crippen LogP contribution in [0, 0.1) is 34.0 Å². The topological polar surface area (TPSA) is 173 Å². The minimum atomic E-state index is -1.10. The number of amides is 5. The van der Waals surface area contributed by atoms with Crippen LogP contribution in [0.1, 0.15) is 81.1 Å². The summed E-state index contributed by atoms with van der Waals surface area (Å²) in [6.07, 6.45) is 4.88. The number of nitrogens with two attached hydrogens (primary N) is 1. The maximum absolute atomic E-state index is 14.3. The maximum Gasteiger partial charge on any atom is 0.315 e. The van der Waals surface area contributed by atoms with Crippen molar-refractivity contribution in [1.82, 2.24) is 25.4 Å². The number of nitrogens with zero attached hydrogens (tertiary/aromatic N) is 2. The third kappa shape index (κ3) is 7.47. The summed E-state index contributed by atoms with van der Waals surface area (Å²) in [4.78, 5) is 80.2. The Hall–Kier alpha value is -3.70. The van der Waals surface area contributed by atoms with Gasteiger partial charge in [0.05, 0.1) is 12.1 Å². The fraction of sp³-hybridized carbons (Fsp3) is 0.706. The van der Waals surface area contributed by atoms with Gasteiger partial charge in [0.25, 0.3) is 11.5 Å². The van der Waals surface area contributed by atoms with Crippen molar-refractivity contribution in [2.45, 2.75) is 112 Å². The summed E-state index contributed by atoms with van der Waals surface area (Å²) in [6, 6.07) is 0.979. The number of hydrogen-bond acceptors (Lipinski definition) is 6. The molecule has 3 fully saturated rings. The zero-order valence-electron chi connectivity index (χ0n) is 28.5. The normalized spacial score (nSPS) is 24.1. The summed E-state index contributed by atoms with van der Waals surface area (Å²) in [5.74, 6) is -2.63. The van der Waals surface area contributed by atoms with Crippen LogP contribution in [0.25, 0.3) is 0 Å². The lowest BCUT2D eigenvalue weighted by Gasteiger charge is -2.39. The predicted molar refractivity (Wildman–Crippen MR) is 173 cm³/mol. The molecule has 254 valence electrons. The third-order valence-electron chi connectivity index (χ3n) is 10.4. The average Bonchev–Trinajstić information content (AvgIpc) is 3.24. The monoisotopic (exact) mass is 640 g/mol. The van der Waals surface area contributed by atoms with Gasteiger partial charge in [-0.05, 0) is 46.5 Å². The number of carbonyl (C=O) groups excluding carboxylic acids is 5. The molecule has 6 atom stereocenters. The zero-order chi connectivity index (χ0) is 34.4. The largest absolute Gasteiger partial charge is 0.363 e. The lowest BCUT2D eigenvalue weighted by Crippen LogP contribution is -2.62. The first-order valence-electron chi connectivity index (χ1n) is 16.4. The molecule has 3 aliphatic rings. The lowest BCUT2D eigenvalue weighted by atomic mass is 9.80. The van der Waals surface area contributed by atoms with Crippen LogP contribution in [0.15, 0.2) is 29.2 Å². The summed E-state index contributed by atoms with van der Waals surface area (Å²) in [6.45, 7) is 16.1. The van der Waals surface area contributed by atoms with Crippen LogP contribution in [0.4, 0.5) is 4.79 Å². The molecule has 2 aliphatic carbocycles. The van der Waals surface area contributed by atoms with Gasteiger partial charge in [0, 0.05) is 25.4 Å². The highest BCUT2D eigenvalue weighted by Gasteiger charge is 2.70. The van der Waals surface area contributed by atoms with Crippen LogP contribution in [0.3, 0.4) is 0 Å². The molecule has 12 heteroatoms. The van der Waals surface area contributed by atoms with Crippen molar-refractivity contribution >= 4 is 29.5 Å². The molecule has 0 aromatic carbocycles. The molecule has 12 nitrogen and oxygen atoms in total. The van der Waals surface area contributed by atoms with Gasteiger partial charge in [0.2, 0.25) is 17.6 Å². The molecular formula is C34H52N6O6. The van der Waals surface area contributed by atoms with E-state index in [9.17, 15) is 28.8 Å². The Morgan fingerprint density at radius 3 is 2.15 bits per heavy atom. The first-order valence-corrected chi connectivity index (χ1v) is 16.4. The number of rotatable bonds is 11. The highest BCUT2D eigenvalue weighted by atomic mass is 16.2. The van der Waals surface area contributed by atoms with Gasteiger partial charge < -0.3 is 31.2 Å². The van der Waals surface area contributed by atoms with Crippen molar-refractivity contribution in [3.05, 3.63) is 34.7 Å². The molecule has 5 amide bonds. The second-order valence-electron chi connectivity index (χ2n) is 16.2. The highest BCUT2D eigenvalue weighted by molar-refractivity contribution is 6.37. The molecule has 5 N–H and O–H groups in total. The average molecular weight is 641 g/mol. The number of primary amides is 1. The number of urea groups is 1. The number of nitrogens with one attached hydrogen (secondary N) is 3. The number of Topliss-reactive ketones (excluding diaryl/α,β-unsaturated/α-hetero) is 1. The Morgan fingerprint density at radius 2 is 1.63 bits per heavy atom.